The Kier molecular flexibility index (Phi) is 11.9. The molecule has 4 aliphatic heterocycles. The van der Waals surface area contributed by atoms with Gasteiger partial charge in [-0.15, -0.1) is 0 Å². The van der Waals surface area contributed by atoms with E-state index in [0.29, 0.717) is 50.6 Å². The van der Waals surface area contributed by atoms with Crippen LogP contribution in [-0.2, 0) is 22.4 Å². The van der Waals surface area contributed by atoms with E-state index in [4.69, 9.17) is 28.4 Å². The number of carbonyl (C=O) groups is 2. The van der Waals surface area contributed by atoms with Crippen molar-refractivity contribution in [1.82, 2.24) is 0 Å². The molecule has 280 valence electrons. The number of Topliss-reactive ketones (excluding diaryl/α,β-unsaturated/α-hetero) is 2. The van der Waals surface area contributed by atoms with E-state index < -0.39 is 0 Å². The van der Waals surface area contributed by atoms with Crippen LogP contribution in [0.4, 0.5) is 28.4 Å². The number of fused-ring (bicyclic) bond motifs is 4. The van der Waals surface area contributed by atoms with E-state index in [9.17, 15) is 9.59 Å². The Morgan fingerprint density at radius 3 is 1.87 bits per heavy atom. The molecule has 0 fully saturated rings. The number of ether oxygens (including phenoxy) is 6. The van der Waals surface area contributed by atoms with Crippen LogP contribution in [0.1, 0.15) is 25.0 Å². The predicted molar refractivity (Wildman–Crippen MR) is 215 cm³/mol. The predicted octanol–water partition coefficient (Wildman–Crippen LogP) is 6.85. The van der Waals surface area contributed by atoms with Crippen LogP contribution in [0.3, 0.4) is 0 Å². The molecule has 0 bridgehead atoms. The van der Waals surface area contributed by atoms with Gasteiger partial charge in [-0.05, 0) is 84.0 Å². The molecule has 4 aromatic carbocycles. The second-order valence-corrected chi connectivity index (χ2v) is 14.2. The molecule has 0 saturated heterocycles. The lowest BCUT2D eigenvalue weighted by molar-refractivity contribution is -0.118. The molecule has 0 spiro atoms. The van der Waals surface area contributed by atoms with E-state index in [-0.39, 0.29) is 25.2 Å². The first-order valence-corrected chi connectivity index (χ1v) is 18.6. The van der Waals surface area contributed by atoms with Crippen molar-refractivity contribution in [2.75, 3.05) is 88.1 Å². The summed E-state index contributed by atoms with van der Waals surface area (Å²) in [6, 6.07) is 19.9. The number of nitrogens with one attached hydrogen (secondary N) is 1. The van der Waals surface area contributed by atoms with Crippen molar-refractivity contribution in [3.8, 4) is 34.5 Å². The maximum absolute atomic E-state index is 12.4. The highest BCUT2D eigenvalue weighted by molar-refractivity contribution is 14.1. The highest BCUT2D eigenvalue weighted by Gasteiger charge is 2.29. The molecule has 12 nitrogen and oxygen atoms in total. The molecule has 53 heavy (non-hydrogen) atoms. The fourth-order valence-corrected chi connectivity index (χ4v) is 6.68. The van der Waals surface area contributed by atoms with Crippen molar-refractivity contribution in [2.24, 2.45) is 0 Å². The van der Waals surface area contributed by atoms with Gasteiger partial charge in [0, 0.05) is 88.0 Å². The number of hydrogen-bond donors (Lipinski definition) is 1. The zero-order valence-electron chi connectivity index (χ0n) is 30.9. The Morgan fingerprint density at radius 1 is 0.679 bits per heavy atom. The standard InChI is InChI=1S/C20H22N2O4.C10H14INO.C10H9NO3/c1-4-24-18-9-14(21(2)3)5-6-16(18)22-11-15(23)7-13-8-19-20(10-17(13)22)26-12-25-19;1-4-13-10-7-8(12(2)3)5-6-9(10)11;12-7-1-6-2-9-10(14-5-13-9)3-8(6)11-4-7/h5-6,8-10H,4,7,11-12H2,1-3H3;5-7H,4H2,1-3H3;2-3,11H,1,4-5H2. The summed E-state index contributed by atoms with van der Waals surface area (Å²) >= 11 is 2.28. The molecule has 0 aliphatic carbocycles. The molecular weight excluding hydrogens is 791 g/mol. The quantitative estimate of drug-likeness (QED) is 0.197. The van der Waals surface area contributed by atoms with Gasteiger partial charge in [0.05, 0.1) is 35.6 Å². The normalized spacial score (nSPS) is 14.4. The first-order valence-electron chi connectivity index (χ1n) is 17.5. The van der Waals surface area contributed by atoms with Crippen LogP contribution in [0.25, 0.3) is 0 Å². The fraction of sp³-hybridized carbons (Fsp3) is 0.350. The maximum Gasteiger partial charge on any atom is 0.231 e. The molecule has 0 unspecified atom stereocenters. The lowest BCUT2D eigenvalue weighted by atomic mass is 9.99. The van der Waals surface area contributed by atoms with Crippen molar-refractivity contribution in [2.45, 2.75) is 26.7 Å². The maximum atomic E-state index is 12.4. The van der Waals surface area contributed by atoms with Crippen LogP contribution in [0.15, 0.2) is 60.7 Å². The summed E-state index contributed by atoms with van der Waals surface area (Å²) in [7, 11) is 8.03. The first kappa shape index (κ1) is 37.7. The topological polar surface area (TPSA) is 111 Å². The van der Waals surface area contributed by atoms with E-state index in [1.165, 1.54) is 5.69 Å². The van der Waals surface area contributed by atoms with Crippen molar-refractivity contribution < 1.29 is 38.0 Å². The Balaban J connectivity index is 0.000000150. The summed E-state index contributed by atoms with van der Waals surface area (Å²) in [5, 5.41) is 3.06. The van der Waals surface area contributed by atoms with Gasteiger partial charge in [-0.1, -0.05) is 0 Å². The van der Waals surface area contributed by atoms with E-state index in [2.05, 4.69) is 51.0 Å². The van der Waals surface area contributed by atoms with E-state index in [1.54, 1.807) is 0 Å². The monoisotopic (exact) mass is 836 g/mol. The zero-order chi connectivity index (χ0) is 37.6. The summed E-state index contributed by atoms with van der Waals surface area (Å²) in [6.45, 7) is 6.44. The highest BCUT2D eigenvalue weighted by atomic mass is 127. The molecule has 4 heterocycles. The zero-order valence-corrected chi connectivity index (χ0v) is 33.1. The number of ketones is 2. The fourth-order valence-electron chi connectivity index (χ4n) is 6.19. The van der Waals surface area contributed by atoms with Crippen molar-refractivity contribution in [3.05, 3.63) is 75.4 Å². The van der Waals surface area contributed by atoms with Crippen molar-refractivity contribution >= 4 is 62.6 Å². The largest absolute Gasteiger partial charge is 0.493 e. The van der Waals surface area contributed by atoms with Gasteiger partial charge in [0.2, 0.25) is 13.6 Å². The van der Waals surface area contributed by atoms with E-state index in [1.807, 2.05) is 94.3 Å². The van der Waals surface area contributed by atoms with Crippen molar-refractivity contribution in [3.63, 3.8) is 0 Å². The van der Waals surface area contributed by atoms with Crippen LogP contribution in [0, 0.1) is 3.57 Å². The van der Waals surface area contributed by atoms with Crippen LogP contribution in [0.2, 0.25) is 0 Å². The molecule has 0 radical (unpaired) electrons. The molecule has 1 N–H and O–H groups in total. The summed E-state index contributed by atoms with van der Waals surface area (Å²) < 4.78 is 34.0. The summed E-state index contributed by atoms with van der Waals surface area (Å²) in [6.07, 6.45) is 0.890. The van der Waals surface area contributed by atoms with Crippen LogP contribution < -0.4 is 48.4 Å². The number of halogens is 1. The average molecular weight is 837 g/mol. The van der Waals surface area contributed by atoms with Gasteiger partial charge < -0.3 is 48.4 Å². The molecule has 0 atom stereocenters. The van der Waals surface area contributed by atoms with Gasteiger partial charge in [0.1, 0.15) is 11.5 Å². The van der Waals surface area contributed by atoms with Gasteiger partial charge in [0.25, 0.3) is 0 Å². The average Bonchev–Trinajstić information content (AvgIpc) is 3.80. The third-order valence-corrected chi connectivity index (χ3v) is 9.72. The van der Waals surface area contributed by atoms with Gasteiger partial charge in [-0.2, -0.15) is 0 Å². The first-order chi connectivity index (χ1) is 25.5. The Hall–Kier alpha value is -5.05. The number of benzene rings is 4. The lowest BCUT2D eigenvalue weighted by Crippen LogP contribution is -2.32. The molecule has 4 aliphatic rings. The lowest BCUT2D eigenvalue weighted by Gasteiger charge is -2.32. The summed E-state index contributed by atoms with van der Waals surface area (Å²) in [5.41, 5.74) is 6.98. The molecule has 0 saturated carbocycles. The third kappa shape index (κ3) is 8.78. The van der Waals surface area contributed by atoms with E-state index >= 15 is 0 Å². The van der Waals surface area contributed by atoms with E-state index in [0.717, 1.165) is 60.4 Å². The molecule has 0 aromatic heterocycles. The Labute approximate surface area is 324 Å². The second-order valence-electron chi connectivity index (χ2n) is 13.0. The molecule has 0 amide bonds. The summed E-state index contributed by atoms with van der Waals surface area (Å²) in [5.74, 6) is 5.00. The number of rotatable bonds is 7. The smallest absolute Gasteiger partial charge is 0.231 e. The second kappa shape index (κ2) is 16.7. The minimum Gasteiger partial charge on any atom is -0.493 e. The molecule has 4 aromatic rings. The van der Waals surface area contributed by atoms with Crippen LogP contribution in [-0.4, -0.2) is 79.6 Å². The number of anilines is 5. The number of hydrogen-bond acceptors (Lipinski definition) is 12. The van der Waals surface area contributed by atoms with Gasteiger partial charge >= 0.3 is 0 Å². The summed E-state index contributed by atoms with van der Waals surface area (Å²) in [4.78, 5) is 29.7. The number of nitrogens with zero attached hydrogens (tertiary/aromatic N) is 3. The third-order valence-electron chi connectivity index (χ3n) is 8.83. The minimum absolute atomic E-state index is 0.162. The molecule has 13 heteroatoms. The van der Waals surface area contributed by atoms with Crippen LogP contribution in [0.5, 0.6) is 34.5 Å². The molecule has 8 rings (SSSR count). The van der Waals surface area contributed by atoms with Gasteiger partial charge in [0.15, 0.2) is 34.6 Å². The Morgan fingerprint density at radius 2 is 1.23 bits per heavy atom. The van der Waals surface area contributed by atoms with Crippen LogP contribution >= 0.6 is 22.6 Å². The highest BCUT2D eigenvalue weighted by Crippen LogP contribution is 2.45. The molecular formula is C40H45IN4O8. The Bertz CT molecular complexity index is 1990. The van der Waals surface area contributed by atoms with Gasteiger partial charge in [-0.25, -0.2) is 0 Å². The SMILES string of the molecule is CCOc1cc(N(C)C)ccc1I.CCOc1cc(N(C)C)ccc1N1CC(=O)Cc2cc3c(cc21)OCO3.O=C1CNc2cc3c(cc2C1)OCO3. The minimum atomic E-state index is 0.162. The van der Waals surface area contributed by atoms with Crippen molar-refractivity contribution in [1.29, 1.82) is 0 Å². The van der Waals surface area contributed by atoms with Gasteiger partial charge in [-0.3, -0.25) is 9.59 Å². The number of carbonyl (C=O) groups excluding carboxylic acids is 2.